The number of nitrogens with zero attached hydrogens (tertiary/aromatic N) is 2. The number of para-hydroxylation sites is 1. The Bertz CT molecular complexity index is 965. The fourth-order valence-electron chi connectivity index (χ4n) is 3.41. The maximum absolute atomic E-state index is 13.8. The minimum Gasteiger partial charge on any atom is -0.341 e. The molecule has 2 aromatic carbocycles. The highest BCUT2D eigenvalue weighted by atomic mass is 32.2. The molecule has 8 heteroatoms. The fourth-order valence-corrected chi connectivity index (χ4v) is 4.52. The van der Waals surface area contributed by atoms with Crippen LogP contribution in [0.4, 0.5) is 10.1 Å². The van der Waals surface area contributed by atoms with E-state index in [-0.39, 0.29) is 22.1 Å². The highest BCUT2D eigenvalue weighted by molar-refractivity contribution is 7.92. The van der Waals surface area contributed by atoms with Crippen molar-refractivity contribution in [1.29, 1.82) is 0 Å². The Morgan fingerprint density at radius 1 is 1.25 bits per heavy atom. The van der Waals surface area contributed by atoms with Gasteiger partial charge < -0.3 is 9.80 Å². The van der Waals surface area contributed by atoms with Crippen LogP contribution in [0.3, 0.4) is 0 Å². The van der Waals surface area contributed by atoms with E-state index in [9.17, 15) is 17.6 Å². The molecule has 1 fully saturated rings. The number of amides is 1. The van der Waals surface area contributed by atoms with E-state index in [0.717, 1.165) is 19.5 Å². The van der Waals surface area contributed by atoms with Gasteiger partial charge in [0, 0.05) is 25.7 Å². The zero-order valence-corrected chi connectivity index (χ0v) is 16.7. The quantitative estimate of drug-likeness (QED) is 0.802. The van der Waals surface area contributed by atoms with Crippen LogP contribution in [0.5, 0.6) is 0 Å². The van der Waals surface area contributed by atoms with Crippen molar-refractivity contribution in [3.8, 4) is 0 Å². The van der Waals surface area contributed by atoms with Crippen LogP contribution in [-0.2, 0) is 10.0 Å². The van der Waals surface area contributed by atoms with Gasteiger partial charge in [-0.05, 0) is 56.3 Å². The smallest absolute Gasteiger partial charge is 0.262 e. The lowest BCUT2D eigenvalue weighted by molar-refractivity contribution is 0.0774. The van der Waals surface area contributed by atoms with Gasteiger partial charge in [0.2, 0.25) is 0 Å². The summed E-state index contributed by atoms with van der Waals surface area (Å²) < 4.78 is 41.2. The van der Waals surface area contributed by atoms with Crippen molar-refractivity contribution in [1.82, 2.24) is 9.80 Å². The molecule has 1 saturated heterocycles. The monoisotopic (exact) mass is 405 g/mol. The highest BCUT2D eigenvalue weighted by Gasteiger charge is 2.24. The van der Waals surface area contributed by atoms with E-state index in [1.165, 1.54) is 42.5 Å². The minimum atomic E-state index is -4.01. The van der Waals surface area contributed by atoms with E-state index in [0.29, 0.717) is 12.5 Å². The molecule has 2 aromatic rings. The molecule has 0 aromatic heterocycles. The molecule has 0 saturated carbocycles. The number of carbonyl (C=O) groups excluding carboxylic acids is 1. The Labute approximate surface area is 165 Å². The zero-order valence-electron chi connectivity index (χ0n) is 15.9. The van der Waals surface area contributed by atoms with Gasteiger partial charge >= 0.3 is 0 Å². The predicted molar refractivity (Wildman–Crippen MR) is 106 cm³/mol. The van der Waals surface area contributed by atoms with Gasteiger partial charge in [-0.2, -0.15) is 0 Å². The minimum absolute atomic E-state index is 0.0874. The molecule has 1 unspecified atom stereocenters. The normalized spacial score (nSPS) is 17.5. The average Bonchev–Trinajstić information content (AvgIpc) is 3.07. The van der Waals surface area contributed by atoms with Crippen molar-refractivity contribution in [3.63, 3.8) is 0 Å². The molecule has 1 N–H and O–H groups in total. The van der Waals surface area contributed by atoms with Crippen LogP contribution in [0.2, 0.25) is 0 Å². The first-order valence-electron chi connectivity index (χ1n) is 9.07. The van der Waals surface area contributed by atoms with Crippen molar-refractivity contribution in [2.45, 2.75) is 11.3 Å². The number of carbonyl (C=O) groups is 1. The molecule has 0 bridgehead atoms. The van der Waals surface area contributed by atoms with E-state index in [1.54, 1.807) is 18.0 Å². The second-order valence-corrected chi connectivity index (χ2v) is 8.90. The second-order valence-electron chi connectivity index (χ2n) is 7.22. The third kappa shape index (κ3) is 4.69. The zero-order chi connectivity index (χ0) is 20.3. The molecular weight excluding hydrogens is 381 g/mol. The molecule has 1 atom stereocenters. The van der Waals surface area contributed by atoms with Gasteiger partial charge in [-0.3, -0.25) is 9.52 Å². The van der Waals surface area contributed by atoms with Crippen LogP contribution in [0.1, 0.15) is 16.8 Å². The third-order valence-corrected chi connectivity index (χ3v) is 6.24. The van der Waals surface area contributed by atoms with Gasteiger partial charge in [-0.15, -0.1) is 0 Å². The molecule has 1 amide bonds. The summed E-state index contributed by atoms with van der Waals surface area (Å²) in [5.41, 5.74) is 0.145. The lowest BCUT2D eigenvalue weighted by Crippen LogP contribution is -2.33. The predicted octanol–water partition coefficient (Wildman–Crippen LogP) is 2.65. The summed E-state index contributed by atoms with van der Waals surface area (Å²) in [6.45, 7) is 2.58. The number of hydrogen-bond donors (Lipinski definition) is 1. The standard InChI is InChI=1S/C20H24FN3O3S/c1-23-11-10-15(13-23)14-24(2)20(25)16-6-5-7-17(12-16)28(26,27)22-19-9-4-3-8-18(19)21/h3-9,12,15,22H,10-11,13-14H2,1-2H3. The van der Waals surface area contributed by atoms with E-state index < -0.39 is 15.8 Å². The molecular formula is C20H24FN3O3S. The van der Waals surface area contributed by atoms with Gasteiger partial charge in [-0.1, -0.05) is 18.2 Å². The lowest BCUT2D eigenvalue weighted by atomic mass is 10.1. The molecule has 0 radical (unpaired) electrons. The van der Waals surface area contributed by atoms with Crippen LogP contribution in [0, 0.1) is 11.7 Å². The molecule has 0 spiro atoms. The van der Waals surface area contributed by atoms with Crippen molar-refractivity contribution in [2.24, 2.45) is 5.92 Å². The van der Waals surface area contributed by atoms with Gasteiger partial charge in [0.15, 0.2) is 0 Å². The van der Waals surface area contributed by atoms with Crippen LogP contribution < -0.4 is 4.72 Å². The molecule has 1 heterocycles. The fraction of sp³-hybridized carbons (Fsp3) is 0.350. The van der Waals surface area contributed by atoms with Crippen LogP contribution >= 0.6 is 0 Å². The maximum atomic E-state index is 13.8. The number of halogens is 1. The first kappa shape index (κ1) is 20.3. The van der Waals surface area contributed by atoms with Crippen molar-refractivity contribution < 1.29 is 17.6 Å². The van der Waals surface area contributed by atoms with E-state index in [2.05, 4.69) is 16.7 Å². The Morgan fingerprint density at radius 3 is 2.68 bits per heavy atom. The first-order chi connectivity index (χ1) is 13.3. The first-order valence-corrected chi connectivity index (χ1v) is 10.6. The topological polar surface area (TPSA) is 69.7 Å². The molecule has 0 aliphatic carbocycles. The summed E-state index contributed by atoms with van der Waals surface area (Å²) in [4.78, 5) is 16.5. The number of hydrogen-bond acceptors (Lipinski definition) is 4. The summed E-state index contributed by atoms with van der Waals surface area (Å²) in [5.74, 6) is -0.495. The summed E-state index contributed by atoms with van der Waals surface area (Å²) >= 11 is 0. The third-order valence-electron chi connectivity index (χ3n) is 4.88. The van der Waals surface area contributed by atoms with Crippen LogP contribution in [-0.4, -0.2) is 57.9 Å². The molecule has 1 aliphatic heterocycles. The number of benzene rings is 2. The molecule has 150 valence electrons. The van der Waals surface area contributed by atoms with E-state index >= 15 is 0 Å². The molecule has 6 nitrogen and oxygen atoms in total. The van der Waals surface area contributed by atoms with Gasteiger partial charge in [0.1, 0.15) is 5.82 Å². The van der Waals surface area contributed by atoms with Crippen LogP contribution in [0.25, 0.3) is 0 Å². The number of rotatable bonds is 6. The summed E-state index contributed by atoms with van der Waals surface area (Å²) in [7, 11) is -0.239. The van der Waals surface area contributed by atoms with E-state index in [1.807, 2.05) is 0 Å². The van der Waals surface area contributed by atoms with Crippen LogP contribution in [0.15, 0.2) is 53.4 Å². The maximum Gasteiger partial charge on any atom is 0.262 e. The van der Waals surface area contributed by atoms with Crippen molar-refractivity contribution >= 4 is 21.6 Å². The lowest BCUT2D eigenvalue weighted by Gasteiger charge is -2.21. The number of sulfonamides is 1. The SMILES string of the molecule is CN1CCC(CN(C)C(=O)c2cccc(S(=O)(=O)Nc3ccccc3F)c2)C1. The number of nitrogens with one attached hydrogen (secondary N) is 1. The summed E-state index contributed by atoms with van der Waals surface area (Å²) in [5, 5.41) is 0. The Hall–Kier alpha value is -2.45. The van der Waals surface area contributed by atoms with Gasteiger partial charge in [-0.25, -0.2) is 12.8 Å². The molecule has 1 aliphatic rings. The highest BCUT2D eigenvalue weighted by Crippen LogP contribution is 2.21. The number of likely N-dealkylation sites (tertiary alicyclic amines) is 1. The summed E-state index contributed by atoms with van der Waals surface area (Å²) in [6, 6.07) is 11.3. The van der Waals surface area contributed by atoms with Gasteiger partial charge in [0.05, 0.1) is 10.6 Å². The average molecular weight is 405 g/mol. The second kappa shape index (κ2) is 8.28. The Balaban J connectivity index is 1.75. The van der Waals surface area contributed by atoms with Crippen molar-refractivity contribution in [3.05, 3.63) is 59.9 Å². The Morgan fingerprint density at radius 2 is 2.00 bits per heavy atom. The molecule has 3 rings (SSSR count). The summed E-state index contributed by atoms with van der Waals surface area (Å²) in [6.07, 6.45) is 1.04. The van der Waals surface area contributed by atoms with Gasteiger partial charge in [0.25, 0.3) is 15.9 Å². The van der Waals surface area contributed by atoms with E-state index in [4.69, 9.17) is 0 Å². The Kier molecular flexibility index (Phi) is 6.00. The number of anilines is 1. The molecule has 28 heavy (non-hydrogen) atoms. The largest absolute Gasteiger partial charge is 0.341 e. The van der Waals surface area contributed by atoms with Crippen molar-refractivity contribution in [2.75, 3.05) is 38.5 Å².